The van der Waals surface area contributed by atoms with Gasteiger partial charge < -0.3 is 9.64 Å². The number of rotatable bonds is 7. The molecule has 0 unspecified atom stereocenters. The third-order valence-corrected chi connectivity index (χ3v) is 5.86. The number of ether oxygens (including phenoxy) is 1. The number of hydrogen-bond donors (Lipinski definition) is 1. The van der Waals surface area contributed by atoms with E-state index >= 15 is 0 Å². The van der Waals surface area contributed by atoms with Crippen molar-refractivity contribution in [1.29, 1.82) is 0 Å². The first kappa shape index (κ1) is 23.4. The fourth-order valence-electron chi connectivity index (χ4n) is 3.68. The van der Waals surface area contributed by atoms with Crippen molar-refractivity contribution in [1.82, 2.24) is 20.1 Å². The summed E-state index contributed by atoms with van der Waals surface area (Å²) in [6.45, 7) is 1.92. The van der Waals surface area contributed by atoms with E-state index in [1.807, 2.05) is 6.07 Å². The number of hydrogen-bond acceptors (Lipinski definition) is 4. The lowest BCUT2D eigenvalue weighted by Crippen LogP contribution is -2.33. The minimum Gasteiger partial charge on any atom is -0.495 e. The van der Waals surface area contributed by atoms with Gasteiger partial charge in [-0.05, 0) is 48.4 Å². The quantitative estimate of drug-likeness (QED) is 0.360. The Morgan fingerprint density at radius 1 is 1.15 bits per heavy atom. The number of halogens is 3. The summed E-state index contributed by atoms with van der Waals surface area (Å²) in [4.78, 5) is 19.4. The van der Waals surface area contributed by atoms with Crippen LogP contribution in [0.2, 0.25) is 5.02 Å². The van der Waals surface area contributed by atoms with Crippen LogP contribution in [0.3, 0.4) is 0 Å². The first-order chi connectivity index (χ1) is 16.4. The Kier molecular flexibility index (Phi) is 6.88. The van der Waals surface area contributed by atoms with E-state index in [1.165, 1.54) is 12.0 Å². The second-order valence-electron chi connectivity index (χ2n) is 7.65. The van der Waals surface area contributed by atoms with Crippen LogP contribution in [0.4, 0.5) is 8.78 Å². The molecule has 2 heterocycles. The number of methoxy groups -OCH3 is 1. The lowest BCUT2D eigenvalue weighted by atomic mass is 10.0. The molecule has 0 saturated heterocycles. The maximum atomic E-state index is 13.9. The minimum atomic E-state index is -0.832. The van der Waals surface area contributed by atoms with Gasteiger partial charge in [0.25, 0.3) is 5.91 Å². The van der Waals surface area contributed by atoms with E-state index in [4.69, 9.17) is 16.3 Å². The molecule has 1 amide bonds. The van der Waals surface area contributed by atoms with Gasteiger partial charge >= 0.3 is 0 Å². The van der Waals surface area contributed by atoms with Crippen molar-refractivity contribution in [3.05, 3.63) is 100 Å². The molecular weight excluding hydrogens is 462 g/mol. The van der Waals surface area contributed by atoms with Gasteiger partial charge in [0.15, 0.2) is 0 Å². The summed E-state index contributed by atoms with van der Waals surface area (Å²) in [6, 6.07) is 12.9. The molecule has 2 aromatic carbocycles. The van der Waals surface area contributed by atoms with Crippen molar-refractivity contribution >= 4 is 17.5 Å². The Bertz CT molecular complexity index is 1280. The third-order valence-electron chi connectivity index (χ3n) is 5.46. The summed E-state index contributed by atoms with van der Waals surface area (Å²) in [5, 5.41) is 7.12. The number of nitrogens with one attached hydrogen (secondary N) is 1. The normalized spacial score (nSPS) is 11.8. The minimum absolute atomic E-state index is 0.106. The second kappa shape index (κ2) is 10.0. The molecule has 4 aromatic rings. The van der Waals surface area contributed by atoms with Gasteiger partial charge in [-0.2, -0.15) is 5.10 Å². The molecule has 1 atom stereocenters. The molecule has 0 radical (unpaired) electrons. The van der Waals surface area contributed by atoms with Crippen LogP contribution in [-0.2, 0) is 6.54 Å². The van der Waals surface area contributed by atoms with Gasteiger partial charge in [0, 0.05) is 30.6 Å². The number of aromatic amines is 1. The number of pyridine rings is 1. The predicted molar refractivity (Wildman–Crippen MR) is 124 cm³/mol. The van der Waals surface area contributed by atoms with Gasteiger partial charge in [-0.15, -0.1) is 0 Å². The van der Waals surface area contributed by atoms with Gasteiger partial charge in [0.2, 0.25) is 0 Å². The summed E-state index contributed by atoms with van der Waals surface area (Å²) in [5.74, 6) is -1.76. The second-order valence-corrected chi connectivity index (χ2v) is 8.03. The maximum Gasteiger partial charge on any atom is 0.254 e. The van der Waals surface area contributed by atoms with Crippen molar-refractivity contribution in [3.8, 4) is 17.1 Å². The van der Waals surface area contributed by atoms with Crippen LogP contribution in [0.1, 0.15) is 34.5 Å². The first-order valence-electron chi connectivity index (χ1n) is 10.4. The van der Waals surface area contributed by atoms with Crippen molar-refractivity contribution in [2.75, 3.05) is 7.11 Å². The highest BCUT2D eigenvalue weighted by Crippen LogP contribution is 2.35. The van der Waals surface area contributed by atoms with E-state index < -0.39 is 23.6 Å². The van der Waals surface area contributed by atoms with E-state index in [2.05, 4.69) is 15.2 Å². The van der Waals surface area contributed by atoms with Crippen molar-refractivity contribution in [3.63, 3.8) is 0 Å². The van der Waals surface area contributed by atoms with Gasteiger partial charge in [-0.1, -0.05) is 29.8 Å². The molecule has 0 saturated carbocycles. The van der Waals surface area contributed by atoms with Crippen molar-refractivity contribution in [2.24, 2.45) is 0 Å². The standard InChI is InChI=1S/C25H21ClF2N4O2/c1-15(20-4-3-5-23(34-2)24(20)26)32(25(33)17-10-18(27)12-19(28)11-17)14-16-6-7-21(29-13-16)22-8-9-30-31-22/h3-13,15H,14H2,1-2H3,(H,30,31)/t15-/m0/s1. The summed E-state index contributed by atoms with van der Waals surface area (Å²) in [5.41, 5.74) is 2.69. The van der Waals surface area contributed by atoms with Crippen molar-refractivity contribution < 1.29 is 18.3 Å². The number of amides is 1. The Hall–Kier alpha value is -3.78. The molecule has 6 nitrogen and oxygen atoms in total. The SMILES string of the molecule is COc1cccc([C@H](C)N(Cc2ccc(-c3ccn[nH]3)nc2)C(=O)c2cc(F)cc(F)c2)c1Cl. The number of H-pyrrole nitrogens is 1. The predicted octanol–water partition coefficient (Wildman–Crippen LogP) is 5.82. The highest BCUT2D eigenvalue weighted by atomic mass is 35.5. The molecular formula is C25H21ClF2N4O2. The Labute approximate surface area is 200 Å². The van der Waals surface area contributed by atoms with Gasteiger partial charge in [-0.3, -0.25) is 14.9 Å². The molecule has 9 heteroatoms. The van der Waals surface area contributed by atoms with Gasteiger partial charge in [-0.25, -0.2) is 8.78 Å². The fraction of sp³-hybridized carbons (Fsp3) is 0.160. The number of aromatic nitrogens is 3. The topological polar surface area (TPSA) is 71.1 Å². The lowest BCUT2D eigenvalue weighted by Gasteiger charge is -2.31. The zero-order chi connectivity index (χ0) is 24.2. The van der Waals surface area contributed by atoms with E-state index in [9.17, 15) is 13.6 Å². The largest absolute Gasteiger partial charge is 0.495 e. The zero-order valence-corrected chi connectivity index (χ0v) is 19.2. The molecule has 0 fully saturated rings. The molecule has 174 valence electrons. The molecule has 4 rings (SSSR count). The monoisotopic (exact) mass is 482 g/mol. The number of nitrogens with zero attached hydrogens (tertiary/aromatic N) is 3. The first-order valence-corrected chi connectivity index (χ1v) is 10.8. The van der Waals surface area contributed by atoms with Gasteiger partial charge in [0.05, 0.1) is 29.6 Å². The molecule has 1 N–H and O–H groups in total. The molecule has 0 bridgehead atoms. The summed E-state index contributed by atoms with van der Waals surface area (Å²) in [6.07, 6.45) is 3.27. The fourth-order valence-corrected chi connectivity index (χ4v) is 4.04. The Morgan fingerprint density at radius 2 is 1.91 bits per heavy atom. The Morgan fingerprint density at radius 3 is 2.53 bits per heavy atom. The van der Waals surface area contributed by atoms with Crippen LogP contribution in [0, 0.1) is 11.6 Å². The highest BCUT2D eigenvalue weighted by Gasteiger charge is 2.26. The van der Waals surface area contributed by atoms with Crippen LogP contribution in [0.5, 0.6) is 5.75 Å². The van der Waals surface area contributed by atoms with Crippen LogP contribution >= 0.6 is 11.6 Å². The van der Waals surface area contributed by atoms with E-state index in [1.54, 1.807) is 49.6 Å². The summed E-state index contributed by atoms with van der Waals surface area (Å²) in [7, 11) is 1.50. The molecule has 0 spiro atoms. The van der Waals surface area contributed by atoms with E-state index in [-0.39, 0.29) is 12.1 Å². The van der Waals surface area contributed by atoms with Crippen LogP contribution < -0.4 is 4.74 Å². The van der Waals surface area contributed by atoms with Crippen molar-refractivity contribution in [2.45, 2.75) is 19.5 Å². The van der Waals surface area contributed by atoms with Gasteiger partial charge in [0.1, 0.15) is 17.4 Å². The summed E-state index contributed by atoms with van der Waals surface area (Å²) < 4.78 is 33.1. The number of carbonyl (C=O) groups excluding carboxylic acids is 1. The average molecular weight is 483 g/mol. The highest BCUT2D eigenvalue weighted by molar-refractivity contribution is 6.32. The smallest absolute Gasteiger partial charge is 0.254 e. The zero-order valence-electron chi connectivity index (χ0n) is 18.4. The Balaban J connectivity index is 1.71. The molecule has 0 aliphatic rings. The number of carbonyl (C=O) groups is 1. The molecule has 34 heavy (non-hydrogen) atoms. The lowest BCUT2D eigenvalue weighted by molar-refractivity contribution is 0.0672. The number of benzene rings is 2. The van der Waals surface area contributed by atoms with E-state index in [0.717, 1.165) is 29.5 Å². The van der Waals surface area contributed by atoms with E-state index in [0.29, 0.717) is 22.0 Å². The summed E-state index contributed by atoms with van der Waals surface area (Å²) >= 11 is 6.53. The average Bonchev–Trinajstić information content (AvgIpc) is 3.37. The van der Waals surface area contributed by atoms with Crippen LogP contribution in [0.15, 0.2) is 67.0 Å². The molecule has 2 aromatic heterocycles. The molecule has 0 aliphatic heterocycles. The third kappa shape index (κ3) is 4.92. The van der Waals surface area contributed by atoms with Crippen LogP contribution in [0.25, 0.3) is 11.4 Å². The van der Waals surface area contributed by atoms with Crippen LogP contribution in [-0.4, -0.2) is 33.1 Å². The maximum absolute atomic E-state index is 13.9. The molecule has 0 aliphatic carbocycles.